The van der Waals surface area contributed by atoms with Gasteiger partial charge in [0.05, 0.1) is 0 Å². The number of rotatable bonds is 5. The Morgan fingerprint density at radius 3 is 2.67 bits per heavy atom. The number of nitrogens with one attached hydrogen (secondary N) is 1. The van der Waals surface area contributed by atoms with Gasteiger partial charge in [-0.05, 0) is 19.4 Å². The van der Waals surface area contributed by atoms with Crippen molar-refractivity contribution in [3.8, 4) is 0 Å². The van der Waals surface area contributed by atoms with Gasteiger partial charge in [0.15, 0.2) is 0 Å². The third kappa shape index (κ3) is 3.22. The summed E-state index contributed by atoms with van der Waals surface area (Å²) in [6.07, 6.45) is 2.68. The molecule has 0 heterocycles. The molecular weight excluding hydrogens is 152 g/mol. The lowest BCUT2D eigenvalue weighted by atomic mass is 10.4. The number of nitrogens with zero attached hydrogens (tertiary/aromatic N) is 1. The average Bonchev–Trinajstić information content (AvgIpc) is 2.80. The van der Waals surface area contributed by atoms with Crippen LogP contribution < -0.4 is 5.32 Å². The van der Waals surface area contributed by atoms with Crippen LogP contribution in [-0.2, 0) is 4.79 Å². The van der Waals surface area contributed by atoms with Gasteiger partial charge in [0.25, 0.3) is 0 Å². The van der Waals surface area contributed by atoms with Gasteiger partial charge in [-0.25, -0.2) is 0 Å². The Labute approximate surface area is 74.1 Å². The average molecular weight is 170 g/mol. The summed E-state index contributed by atoms with van der Waals surface area (Å²) in [5.41, 5.74) is 0. The van der Waals surface area contributed by atoms with Gasteiger partial charge in [0.1, 0.15) is 0 Å². The van der Waals surface area contributed by atoms with Gasteiger partial charge in [-0.3, -0.25) is 9.69 Å². The van der Waals surface area contributed by atoms with Crippen LogP contribution in [0.4, 0.5) is 0 Å². The van der Waals surface area contributed by atoms with E-state index in [0.29, 0.717) is 0 Å². The molecule has 3 heteroatoms. The lowest BCUT2D eigenvalue weighted by molar-refractivity contribution is -0.119. The fourth-order valence-corrected chi connectivity index (χ4v) is 1.41. The van der Waals surface area contributed by atoms with Gasteiger partial charge in [-0.1, -0.05) is 6.92 Å². The molecule has 1 fully saturated rings. The van der Waals surface area contributed by atoms with Gasteiger partial charge in [0, 0.05) is 26.1 Å². The van der Waals surface area contributed by atoms with E-state index >= 15 is 0 Å². The standard InChI is InChI=1S/C9H18N2O/c1-3-11(9-4-5-9)7-6-10-8(2)12/h9H,3-7H2,1-2H3,(H,10,12). The highest BCUT2D eigenvalue weighted by molar-refractivity contribution is 5.72. The topological polar surface area (TPSA) is 32.3 Å². The molecule has 1 aliphatic rings. The molecule has 1 N–H and O–H groups in total. The second-order valence-corrected chi connectivity index (χ2v) is 3.34. The van der Waals surface area contributed by atoms with Crippen LogP contribution in [0, 0.1) is 0 Å². The molecule has 70 valence electrons. The molecule has 0 saturated heterocycles. The van der Waals surface area contributed by atoms with E-state index in [1.807, 2.05) is 0 Å². The van der Waals surface area contributed by atoms with Crippen molar-refractivity contribution in [1.29, 1.82) is 0 Å². The Bertz CT molecular complexity index is 155. The summed E-state index contributed by atoms with van der Waals surface area (Å²) in [4.78, 5) is 13.0. The van der Waals surface area contributed by atoms with Gasteiger partial charge in [-0.15, -0.1) is 0 Å². The van der Waals surface area contributed by atoms with E-state index in [9.17, 15) is 4.79 Å². The molecule has 0 aromatic carbocycles. The largest absolute Gasteiger partial charge is 0.355 e. The first-order chi connectivity index (χ1) is 5.74. The number of carbonyl (C=O) groups is 1. The molecule has 3 nitrogen and oxygen atoms in total. The molecule has 1 aliphatic carbocycles. The Balaban J connectivity index is 2.06. The Hall–Kier alpha value is -0.570. The van der Waals surface area contributed by atoms with E-state index in [1.165, 1.54) is 12.8 Å². The first-order valence-electron chi connectivity index (χ1n) is 4.72. The highest BCUT2D eigenvalue weighted by Gasteiger charge is 2.26. The number of hydrogen-bond acceptors (Lipinski definition) is 2. The van der Waals surface area contributed by atoms with Crippen molar-refractivity contribution in [2.75, 3.05) is 19.6 Å². The molecule has 0 bridgehead atoms. The maximum absolute atomic E-state index is 10.6. The molecule has 1 rings (SSSR count). The third-order valence-corrected chi connectivity index (χ3v) is 2.24. The lowest BCUT2D eigenvalue weighted by Gasteiger charge is -2.19. The molecule has 1 amide bonds. The Morgan fingerprint density at radius 1 is 1.58 bits per heavy atom. The van der Waals surface area contributed by atoms with Crippen molar-refractivity contribution in [3.63, 3.8) is 0 Å². The highest BCUT2D eigenvalue weighted by atomic mass is 16.1. The van der Waals surface area contributed by atoms with Gasteiger partial charge < -0.3 is 5.32 Å². The lowest BCUT2D eigenvalue weighted by Crippen LogP contribution is -2.35. The summed E-state index contributed by atoms with van der Waals surface area (Å²) in [5.74, 6) is 0.0712. The number of likely N-dealkylation sites (N-methyl/N-ethyl adjacent to an activating group) is 1. The predicted molar refractivity (Wildman–Crippen MR) is 49.0 cm³/mol. The third-order valence-electron chi connectivity index (χ3n) is 2.24. The van der Waals surface area contributed by atoms with Crippen LogP contribution in [-0.4, -0.2) is 36.5 Å². The summed E-state index contributed by atoms with van der Waals surface area (Å²) < 4.78 is 0. The van der Waals surface area contributed by atoms with E-state index in [2.05, 4.69) is 17.1 Å². The van der Waals surface area contributed by atoms with Gasteiger partial charge in [0.2, 0.25) is 5.91 Å². The van der Waals surface area contributed by atoms with Crippen LogP contribution in [0.5, 0.6) is 0 Å². The van der Waals surface area contributed by atoms with Crippen LogP contribution in [0.15, 0.2) is 0 Å². The van der Waals surface area contributed by atoms with Crippen molar-refractivity contribution in [1.82, 2.24) is 10.2 Å². The first-order valence-corrected chi connectivity index (χ1v) is 4.72. The summed E-state index contributed by atoms with van der Waals surface area (Å²) in [7, 11) is 0. The first kappa shape index (κ1) is 9.52. The summed E-state index contributed by atoms with van der Waals surface area (Å²) >= 11 is 0. The Kier molecular flexibility index (Phi) is 3.53. The monoisotopic (exact) mass is 170 g/mol. The molecule has 0 radical (unpaired) electrons. The van der Waals surface area contributed by atoms with Gasteiger partial charge in [-0.2, -0.15) is 0 Å². The SMILES string of the molecule is CCN(CCNC(C)=O)C1CC1. The summed E-state index contributed by atoms with van der Waals surface area (Å²) in [6.45, 7) is 6.63. The fourth-order valence-electron chi connectivity index (χ4n) is 1.41. The number of carbonyl (C=O) groups excluding carboxylic acids is 1. The van der Waals surface area contributed by atoms with Crippen molar-refractivity contribution >= 4 is 5.91 Å². The molecule has 0 spiro atoms. The molecule has 0 atom stereocenters. The number of hydrogen-bond donors (Lipinski definition) is 1. The second kappa shape index (κ2) is 4.45. The van der Waals surface area contributed by atoms with E-state index < -0.39 is 0 Å². The van der Waals surface area contributed by atoms with Crippen LogP contribution in [0.3, 0.4) is 0 Å². The predicted octanol–water partition coefficient (Wildman–Crippen LogP) is 0.607. The minimum absolute atomic E-state index is 0.0712. The quantitative estimate of drug-likeness (QED) is 0.655. The molecule has 0 aromatic rings. The van der Waals surface area contributed by atoms with E-state index in [1.54, 1.807) is 6.92 Å². The Morgan fingerprint density at radius 2 is 2.25 bits per heavy atom. The maximum atomic E-state index is 10.6. The van der Waals surface area contributed by atoms with Crippen molar-refractivity contribution in [2.45, 2.75) is 32.7 Å². The second-order valence-electron chi connectivity index (χ2n) is 3.34. The highest BCUT2D eigenvalue weighted by Crippen LogP contribution is 2.25. The smallest absolute Gasteiger partial charge is 0.216 e. The fraction of sp³-hybridized carbons (Fsp3) is 0.889. The molecule has 0 unspecified atom stereocenters. The molecule has 12 heavy (non-hydrogen) atoms. The van der Waals surface area contributed by atoms with E-state index in [-0.39, 0.29) is 5.91 Å². The zero-order chi connectivity index (χ0) is 8.97. The van der Waals surface area contributed by atoms with Crippen molar-refractivity contribution in [2.24, 2.45) is 0 Å². The molecule has 0 aliphatic heterocycles. The van der Waals surface area contributed by atoms with Gasteiger partial charge >= 0.3 is 0 Å². The van der Waals surface area contributed by atoms with Crippen LogP contribution >= 0.6 is 0 Å². The minimum Gasteiger partial charge on any atom is -0.355 e. The van der Waals surface area contributed by atoms with Crippen LogP contribution in [0.1, 0.15) is 26.7 Å². The minimum atomic E-state index is 0.0712. The number of amides is 1. The zero-order valence-corrected chi connectivity index (χ0v) is 7.97. The summed E-state index contributed by atoms with van der Waals surface area (Å²) in [5, 5.41) is 2.81. The molecule has 1 saturated carbocycles. The zero-order valence-electron chi connectivity index (χ0n) is 7.97. The summed E-state index contributed by atoms with van der Waals surface area (Å²) in [6, 6.07) is 0.809. The van der Waals surface area contributed by atoms with Crippen LogP contribution in [0.25, 0.3) is 0 Å². The van der Waals surface area contributed by atoms with E-state index in [0.717, 1.165) is 25.7 Å². The van der Waals surface area contributed by atoms with Crippen LogP contribution in [0.2, 0.25) is 0 Å². The normalized spacial score (nSPS) is 16.6. The molecule has 0 aromatic heterocycles. The molecular formula is C9H18N2O. The van der Waals surface area contributed by atoms with Crippen molar-refractivity contribution in [3.05, 3.63) is 0 Å². The van der Waals surface area contributed by atoms with E-state index in [4.69, 9.17) is 0 Å². The maximum Gasteiger partial charge on any atom is 0.216 e. The van der Waals surface area contributed by atoms with Crippen molar-refractivity contribution < 1.29 is 4.79 Å².